The van der Waals surface area contributed by atoms with Gasteiger partial charge in [-0.1, -0.05) is 13.3 Å². The minimum Gasteiger partial charge on any atom is -0.328 e. The maximum atomic E-state index is 5.63. The summed E-state index contributed by atoms with van der Waals surface area (Å²) in [6.07, 6.45) is 3.76. The van der Waals surface area contributed by atoms with Crippen LogP contribution >= 0.6 is 11.6 Å². The minimum atomic E-state index is 0.799. The van der Waals surface area contributed by atoms with E-state index in [1.54, 1.807) is 0 Å². The number of hydrogen-bond donors (Lipinski definition) is 0. The fourth-order valence-corrected chi connectivity index (χ4v) is 1.31. The van der Waals surface area contributed by atoms with Crippen molar-refractivity contribution in [1.82, 2.24) is 0 Å². The minimum absolute atomic E-state index is 0.799. The molecule has 0 N–H and O–H groups in total. The predicted octanol–water partition coefficient (Wildman–Crippen LogP) is 2.49. The summed E-state index contributed by atoms with van der Waals surface area (Å²) in [5, 5.41) is 0. The molecule has 0 radical (unpaired) electrons. The lowest BCUT2D eigenvalue weighted by Crippen LogP contribution is -2.41. The van der Waals surface area contributed by atoms with Crippen LogP contribution in [0.25, 0.3) is 0 Å². The van der Waals surface area contributed by atoms with Gasteiger partial charge in [-0.15, -0.1) is 11.6 Å². The molecule has 68 valence electrons. The summed E-state index contributed by atoms with van der Waals surface area (Å²) in [5.41, 5.74) is 0. The van der Waals surface area contributed by atoms with Gasteiger partial charge in [0.05, 0.1) is 27.2 Å². The highest BCUT2D eigenvalue weighted by Gasteiger charge is 2.12. The van der Waals surface area contributed by atoms with Gasteiger partial charge in [0, 0.05) is 12.3 Å². The zero-order valence-corrected chi connectivity index (χ0v) is 8.82. The van der Waals surface area contributed by atoms with Crippen molar-refractivity contribution in [1.29, 1.82) is 0 Å². The van der Waals surface area contributed by atoms with E-state index < -0.39 is 0 Å². The number of quaternary nitrogens is 1. The van der Waals surface area contributed by atoms with Gasteiger partial charge in [0.2, 0.25) is 0 Å². The average Bonchev–Trinajstić information content (AvgIpc) is 1.97. The van der Waals surface area contributed by atoms with E-state index in [1.165, 1.54) is 25.9 Å². The fraction of sp³-hybridized carbons (Fsp3) is 1.00. The summed E-state index contributed by atoms with van der Waals surface area (Å²) < 4.78 is 1.13. The highest BCUT2D eigenvalue weighted by Crippen LogP contribution is 2.03. The van der Waals surface area contributed by atoms with Gasteiger partial charge in [0.25, 0.3) is 0 Å². The molecule has 0 atom stereocenters. The van der Waals surface area contributed by atoms with Crippen LogP contribution in [0.2, 0.25) is 0 Å². The van der Waals surface area contributed by atoms with Gasteiger partial charge in [-0.3, -0.25) is 0 Å². The standard InChI is InChI=1S/C9H21ClN/c1-4-5-8-11(2,3)9-6-7-10/h4-9H2,1-3H3/q+1. The average molecular weight is 179 g/mol. The van der Waals surface area contributed by atoms with Crippen molar-refractivity contribution >= 4 is 11.6 Å². The van der Waals surface area contributed by atoms with E-state index in [9.17, 15) is 0 Å². The van der Waals surface area contributed by atoms with Gasteiger partial charge < -0.3 is 4.48 Å². The number of nitrogens with zero attached hydrogens (tertiary/aromatic N) is 1. The lowest BCUT2D eigenvalue weighted by molar-refractivity contribution is -0.890. The molecule has 0 spiro atoms. The highest BCUT2D eigenvalue weighted by molar-refractivity contribution is 6.17. The van der Waals surface area contributed by atoms with Crippen molar-refractivity contribution in [3.63, 3.8) is 0 Å². The van der Waals surface area contributed by atoms with E-state index in [1.807, 2.05) is 0 Å². The summed E-state index contributed by atoms with van der Waals surface area (Å²) in [5.74, 6) is 0.799. The molecule has 0 aromatic carbocycles. The normalized spacial score (nSPS) is 12.0. The summed E-state index contributed by atoms with van der Waals surface area (Å²) >= 11 is 5.63. The molecule has 11 heavy (non-hydrogen) atoms. The fourth-order valence-electron chi connectivity index (χ4n) is 1.19. The van der Waals surface area contributed by atoms with Crippen LogP contribution in [0.15, 0.2) is 0 Å². The van der Waals surface area contributed by atoms with Crippen LogP contribution in [0.1, 0.15) is 26.2 Å². The molecule has 0 rings (SSSR count). The molecule has 0 saturated carbocycles. The topological polar surface area (TPSA) is 0 Å². The second kappa shape index (κ2) is 5.84. The second-order valence-electron chi connectivity index (χ2n) is 3.78. The van der Waals surface area contributed by atoms with Crippen LogP contribution in [0.4, 0.5) is 0 Å². The quantitative estimate of drug-likeness (QED) is 0.433. The Labute approximate surface area is 75.9 Å². The van der Waals surface area contributed by atoms with E-state index >= 15 is 0 Å². The molecule has 0 aromatic rings. The molecular formula is C9H21ClN+. The number of halogens is 1. The number of hydrogen-bond acceptors (Lipinski definition) is 0. The van der Waals surface area contributed by atoms with E-state index in [0.717, 1.165) is 16.8 Å². The lowest BCUT2D eigenvalue weighted by atomic mass is 10.3. The molecule has 0 aliphatic rings. The second-order valence-corrected chi connectivity index (χ2v) is 4.16. The van der Waals surface area contributed by atoms with Crippen molar-refractivity contribution in [3.05, 3.63) is 0 Å². The van der Waals surface area contributed by atoms with Gasteiger partial charge in [-0.25, -0.2) is 0 Å². The SMILES string of the molecule is CCCC[N+](C)(C)CCCCl. The molecule has 0 bridgehead atoms. The third-order valence-electron chi connectivity index (χ3n) is 2.01. The largest absolute Gasteiger partial charge is 0.328 e. The van der Waals surface area contributed by atoms with Crippen molar-refractivity contribution in [2.24, 2.45) is 0 Å². The van der Waals surface area contributed by atoms with Crippen LogP contribution in [0.5, 0.6) is 0 Å². The van der Waals surface area contributed by atoms with Gasteiger partial charge in [0.1, 0.15) is 0 Å². The first-order valence-electron chi connectivity index (χ1n) is 4.50. The van der Waals surface area contributed by atoms with Crippen molar-refractivity contribution < 1.29 is 4.48 Å². The molecule has 0 heterocycles. The first kappa shape index (κ1) is 11.2. The van der Waals surface area contributed by atoms with E-state index in [4.69, 9.17) is 11.6 Å². The van der Waals surface area contributed by atoms with E-state index in [-0.39, 0.29) is 0 Å². The van der Waals surface area contributed by atoms with Crippen LogP contribution in [-0.4, -0.2) is 37.5 Å². The number of alkyl halides is 1. The third-order valence-corrected chi connectivity index (χ3v) is 2.28. The van der Waals surface area contributed by atoms with Gasteiger partial charge in [-0.05, 0) is 6.42 Å². The van der Waals surface area contributed by atoms with Crippen LogP contribution < -0.4 is 0 Å². The van der Waals surface area contributed by atoms with Crippen LogP contribution in [0.3, 0.4) is 0 Å². The Kier molecular flexibility index (Phi) is 5.98. The zero-order valence-electron chi connectivity index (χ0n) is 8.07. The van der Waals surface area contributed by atoms with E-state index in [2.05, 4.69) is 21.0 Å². The molecule has 0 saturated heterocycles. The zero-order chi connectivity index (χ0) is 8.74. The molecule has 2 heteroatoms. The molecule has 0 aromatic heterocycles. The molecule has 1 nitrogen and oxygen atoms in total. The third kappa shape index (κ3) is 6.64. The Morgan fingerprint density at radius 2 is 1.64 bits per heavy atom. The maximum Gasteiger partial charge on any atom is 0.0794 e. The van der Waals surface area contributed by atoms with Crippen molar-refractivity contribution in [2.75, 3.05) is 33.1 Å². The summed E-state index contributed by atoms with van der Waals surface area (Å²) in [4.78, 5) is 0. The summed E-state index contributed by atoms with van der Waals surface area (Å²) in [6, 6.07) is 0. The first-order valence-corrected chi connectivity index (χ1v) is 5.04. The Morgan fingerprint density at radius 1 is 1.09 bits per heavy atom. The van der Waals surface area contributed by atoms with Gasteiger partial charge in [-0.2, -0.15) is 0 Å². The maximum absolute atomic E-state index is 5.63. The molecule has 0 aliphatic heterocycles. The lowest BCUT2D eigenvalue weighted by Gasteiger charge is -2.29. The molecule has 0 amide bonds. The van der Waals surface area contributed by atoms with Gasteiger partial charge in [0.15, 0.2) is 0 Å². The van der Waals surface area contributed by atoms with Crippen molar-refractivity contribution in [3.8, 4) is 0 Å². The molecule has 0 aliphatic carbocycles. The summed E-state index contributed by atoms with van der Waals surface area (Å²) in [6.45, 7) is 4.73. The van der Waals surface area contributed by atoms with Gasteiger partial charge >= 0.3 is 0 Å². The summed E-state index contributed by atoms with van der Waals surface area (Å²) in [7, 11) is 4.56. The smallest absolute Gasteiger partial charge is 0.0794 e. The predicted molar refractivity (Wildman–Crippen MR) is 52.1 cm³/mol. The van der Waals surface area contributed by atoms with Crippen LogP contribution in [-0.2, 0) is 0 Å². The number of unbranched alkanes of at least 4 members (excludes halogenated alkanes) is 1. The Balaban J connectivity index is 3.43. The van der Waals surface area contributed by atoms with Crippen LogP contribution in [0, 0.1) is 0 Å². The van der Waals surface area contributed by atoms with E-state index in [0.29, 0.717) is 0 Å². The molecular weight excluding hydrogens is 158 g/mol. The Hall–Kier alpha value is 0.250. The number of rotatable bonds is 6. The monoisotopic (exact) mass is 178 g/mol. The van der Waals surface area contributed by atoms with Crippen molar-refractivity contribution in [2.45, 2.75) is 26.2 Å². The Bertz CT molecular complexity index is 81.6. The highest BCUT2D eigenvalue weighted by atomic mass is 35.5. The molecule has 0 fully saturated rings. The molecule has 0 unspecified atom stereocenters. The first-order chi connectivity index (χ1) is 5.12. The Morgan fingerprint density at radius 3 is 2.09 bits per heavy atom.